The fraction of sp³-hybridized carbons (Fsp3) is 0.609. The van der Waals surface area contributed by atoms with Crippen molar-refractivity contribution in [3.63, 3.8) is 0 Å². The van der Waals surface area contributed by atoms with Crippen molar-refractivity contribution >= 4 is 23.5 Å². The van der Waals surface area contributed by atoms with Gasteiger partial charge in [-0.3, -0.25) is 14.5 Å². The van der Waals surface area contributed by atoms with E-state index < -0.39 is 0 Å². The number of nitrogens with one attached hydrogen (secondary N) is 1. The number of fused-ring (bicyclic) bond motifs is 1. The maximum Gasteiger partial charge on any atom is 0.327 e. The van der Waals surface area contributed by atoms with Gasteiger partial charge in [0, 0.05) is 17.8 Å². The molecule has 2 atom stereocenters. The SMILES string of the molecule is Cc1cccc(NC(=O)CN2C(=O)N(C3CCCCC3)C(=O)C3CCCCC32)c1. The zero-order valence-electron chi connectivity index (χ0n) is 17.2. The van der Waals surface area contributed by atoms with Crippen LogP contribution in [0.1, 0.15) is 63.4 Å². The molecule has 3 fully saturated rings. The second-order valence-electron chi connectivity index (χ2n) is 8.79. The predicted octanol–water partition coefficient (Wildman–Crippen LogP) is 4.09. The molecule has 6 nitrogen and oxygen atoms in total. The summed E-state index contributed by atoms with van der Waals surface area (Å²) in [5, 5.41) is 2.92. The molecule has 0 bridgehead atoms. The highest BCUT2D eigenvalue weighted by molar-refractivity contribution is 6.02. The Morgan fingerprint density at radius 2 is 1.76 bits per heavy atom. The average molecular weight is 398 g/mol. The lowest BCUT2D eigenvalue weighted by Crippen LogP contribution is -2.65. The van der Waals surface area contributed by atoms with Crippen molar-refractivity contribution in [1.82, 2.24) is 9.80 Å². The average Bonchev–Trinajstić information content (AvgIpc) is 2.72. The van der Waals surface area contributed by atoms with E-state index in [-0.39, 0.29) is 42.4 Å². The maximum absolute atomic E-state index is 13.4. The van der Waals surface area contributed by atoms with E-state index in [2.05, 4.69) is 5.32 Å². The lowest BCUT2D eigenvalue weighted by molar-refractivity contribution is -0.144. The van der Waals surface area contributed by atoms with Gasteiger partial charge >= 0.3 is 6.03 Å². The zero-order chi connectivity index (χ0) is 20.4. The minimum atomic E-state index is -0.260. The fourth-order valence-corrected chi connectivity index (χ4v) is 5.26. The van der Waals surface area contributed by atoms with Gasteiger partial charge in [0.25, 0.3) is 0 Å². The van der Waals surface area contributed by atoms with Crippen LogP contribution in [-0.4, -0.2) is 46.3 Å². The molecule has 4 rings (SSSR count). The maximum atomic E-state index is 13.4. The number of benzene rings is 1. The number of urea groups is 1. The van der Waals surface area contributed by atoms with Crippen LogP contribution in [0.25, 0.3) is 0 Å². The number of rotatable bonds is 4. The van der Waals surface area contributed by atoms with Gasteiger partial charge in [-0.25, -0.2) is 4.79 Å². The molecule has 1 aromatic carbocycles. The van der Waals surface area contributed by atoms with Crippen LogP contribution in [0.3, 0.4) is 0 Å². The molecule has 1 saturated heterocycles. The number of carbonyl (C=O) groups excluding carboxylic acids is 3. The molecule has 2 unspecified atom stereocenters. The zero-order valence-corrected chi connectivity index (χ0v) is 17.2. The van der Waals surface area contributed by atoms with E-state index in [1.54, 1.807) is 4.90 Å². The van der Waals surface area contributed by atoms with Crippen molar-refractivity contribution in [2.75, 3.05) is 11.9 Å². The number of anilines is 1. The molecule has 0 spiro atoms. The molecule has 4 amide bonds. The molecular weight excluding hydrogens is 366 g/mol. The van der Waals surface area contributed by atoms with E-state index in [1.807, 2.05) is 31.2 Å². The smallest absolute Gasteiger partial charge is 0.325 e. The molecule has 6 heteroatoms. The largest absolute Gasteiger partial charge is 0.327 e. The van der Waals surface area contributed by atoms with Gasteiger partial charge in [0.15, 0.2) is 0 Å². The number of nitrogens with zero attached hydrogens (tertiary/aromatic N) is 2. The fourth-order valence-electron chi connectivity index (χ4n) is 5.26. The van der Waals surface area contributed by atoms with Crippen LogP contribution in [0.15, 0.2) is 24.3 Å². The Labute approximate surface area is 172 Å². The van der Waals surface area contributed by atoms with E-state index in [1.165, 1.54) is 11.3 Å². The van der Waals surface area contributed by atoms with Crippen LogP contribution in [0.5, 0.6) is 0 Å². The molecule has 1 aromatic rings. The molecule has 0 aromatic heterocycles. The molecule has 29 heavy (non-hydrogen) atoms. The molecule has 2 aliphatic carbocycles. The molecule has 1 N–H and O–H groups in total. The van der Waals surface area contributed by atoms with Gasteiger partial charge in [-0.1, -0.05) is 44.2 Å². The van der Waals surface area contributed by atoms with E-state index in [4.69, 9.17) is 0 Å². The number of aryl methyl sites for hydroxylation is 1. The lowest BCUT2D eigenvalue weighted by Gasteiger charge is -2.49. The Balaban J connectivity index is 1.53. The van der Waals surface area contributed by atoms with Gasteiger partial charge in [0.1, 0.15) is 6.54 Å². The summed E-state index contributed by atoms with van der Waals surface area (Å²) in [7, 11) is 0. The monoisotopic (exact) mass is 397 g/mol. The molecule has 1 aliphatic heterocycles. The van der Waals surface area contributed by atoms with Crippen LogP contribution < -0.4 is 5.32 Å². The Morgan fingerprint density at radius 3 is 2.52 bits per heavy atom. The first-order valence-corrected chi connectivity index (χ1v) is 11.0. The topological polar surface area (TPSA) is 69.7 Å². The molecular formula is C23H31N3O3. The summed E-state index contributed by atoms with van der Waals surface area (Å²) in [6.45, 7) is 1.98. The number of imide groups is 1. The third kappa shape index (κ3) is 4.16. The van der Waals surface area contributed by atoms with Gasteiger partial charge in [-0.15, -0.1) is 0 Å². The Hall–Kier alpha value is -2.37. The summed E-state index contributed by atoms with van der Waals surface area (Å²) in [6, 6.07) is 7.23. The highest BCUT2D eigenvalue weighted by atomic mass is 16.2. The van der Waals surface area contributed by atoms with Gasteiger partial charge in [0.2, 0.25) is 11.8 Å². The first kappa shape index (κ1) is 19.9. The standard InChI is InChI=1S/C23H31N3O3/c1-16-8-7-9-17(14-16)24-21(27)15-25-20-13-6-5-12-19(20)22(28)26(23(25)29)18-10-3-2-4-11-18/h7-9,14,18-20H,2-6,10-13,15H2,1H3,(H,24,27). The third-order valence-electron chi connectivity index (χ3n) is 6.69. The Kier molecular flexibility index (Phi) is 5.88. The number of amides is 4. The summed E-state index contributed by atoms with van der Waals surface area (Å²) >= 11 is 0. The third-order valence-corrected chi connectivity index (χ3v) is 6.69. The van der Waals surface area contributed by atoms with E-state index in [0.29, 0.717) is 0 Å². The molecule has 1 heterocycles. The van der Waals surface area contributed by atoms with Gasteiger partial charge < -0.3 is 10.2 Å². The highest BCUT2D eigenvalue weighted by Crippen LogP contribution is 2.37. The summed E-state index contributed by atoms with van der Waals surface area (Å²) in [5.41, 5.74) is 1.80. The molecule has 2 saturated carbocycles. The second kappa shape index (κ2) is 8.56. The lowest BCUT2D eigenvalue weighted by atomic mass is 9.80. The van der Waals surface area contributed by atoms with Crippen LogP contribution in [0.2, 0.25) is 0 Å². The van der Waals surface area contributed by atoms with E-state index in [9.17, 15) is 14.4 Å². The van der Waals surface area contributed by atoms with Crippen LogP contribution in [-0.2, 0) is 9.59 Å². The summed E-state index contributed by atoms with van der Waals surface area (Å²) < 4.78 is 0. The van der Waals surface area contributed by atoms with Crippen LogP contribution in [0, 0.1) is 12.8 Å². The Morgan fingerprint density at radius 1 is 1.03 bits per heavy atom. The van der Waals surface area contributed by atoms with Crippen molar-refractivity contribution in [3.05, 3.63) is 29.8 Å². The normalized spacial score (nSPS) is 25.7. The summed E-state index contributed by atoms with van der Waals surface area (Å²) in [4.78, 5) is 42.6. The van der Waals surface area contributed by atoms with E-state index in [0.717, 1.165) is 62.6 Å². The summed E-state index contributed by atoms with van der Waals surface area (Å²) in [6.07, 6.45) is 8.70. The van der Waals surface area contributed by atoms with Crippen molar-refractivity contribution in [3.8, 4) is 0 Å². The first-order valence-electron chi connectivity index (χ1n) is 11.0. The number of carbonyl (C=O) groups is 3. The molecule has 0 radical (unpaired) electrons. The first-order chi connectivity index (χ1) is 14.0. The van der Waals surface area contributed by atoms with Gasteiger partial charge in [0.05, 0.1) is 5.92 Å². The second-order valence-corrected chi connectivity index (χ2v) is 8.79. The van der Waals surface area contributed by atoms with Crippen molar-refractivity contribution < 1.29 is 14.4 Å². The quantitative estimate of drug-likeness (QED) is 0.832. The van der Waals surface area contributed by atoms with Gasteiger partial charge in [-0.05, 0) is 50.3 Å². The molecule has 3 aliphatic rings. The van der Waals surface area contributed by atoms with E-state index >= 15 is 0 Å². The van der Waals surface area contributed by atoms with Crippen LogP contribution in [0.4, 0.5) is 10.5 Å². The minimum absolute atomic E-state index is 0.00180. The minimum Gasteiger partial charge on any atom is -0.325 e. The summed E-state index contributed by atoms with van der Waals surface area (Å²) in [5.74, 6) is -0.358. The van der Waals surface area contributed by atoms with Crippen molar-refractivity contribution in [2.24, 2.45) is 5.92 Å². The van der Waals surface area contributed by atoms with Crippen LogP contribution >= 0.6 is 0 Å². The number of hydrogen-bond donors (Lipinski definition) is 1. The van der Waals surface area contributed by atoms with Crippen molar-refractivity contribution in [1.29, 1.82) is 0 Å². The van der Waals surface area contributed by atoms with Gasteiger partial charge in [-0.2, -0.15) is 0 Å². The highest BCUT2D eigenvalue weighted by Gasteiger charge is 2.49. The molecule has 156 valence electrons. The van der Waals surface area contributed by atoms with Crippen molar-refractivity contribution in [2.45, 2.75) is 76.8 Å². The predicted molar refractivity (Wildman–Crippen MR) is 111 cm³/mol. The Bertz CT molecular complexity index is 787. The number of hydrogen-bond acceptors (Lipinski definition) is 3.